The number of ether oxygens (including phenoxy) is 2. The molecule has 1 N–H and O–H groups in total. The van der Waals surface area contributed by atoms with Crippen molar-refractivity contribution >= 4 is 11.8 Å². The zero-order valence-corrected chi connectivity index (χ0v) is 19.7. The van der Waals surface area contributed by atoms with E-state index < -0.39 is 0 Å². The number of rotatable bonds is 6. The van der Waals surface area contributed by atoms with Gasteiger partial charge in [-0.3, -0.25) is 9.59 Å². The van der Waals surface area contributed by atoms with Gasteiger partial charge in [-0.1, -0.05) is 44.5 Å². The lowest BCUT2D eigenvalue weighted by atomic mass is 9.85. The van der Waals surface area contributed by atoms with E-state index in [4.69, 9.17) is 9.47 Å². The second-order valence-corrected chi connectivity index (χ2v) is 9.40. The van der Waals surface area contributed by atoms with E-state index >= 15 is 0 Å². The zero-order valence-electron chi connectivity index (χ0n) is 19.7. The van der Waals surface area contributed by atoms with Crippen LogP contribution in [0.4, 0.5) is 0 Å². The summed E-state index contributed by atoms with van der Waals surface area (Å²) in [6, 6.07) is 13.3. The molecule has 172 valence electrons. The molecule has 1 aliphatic heterocycles. The number of aryl methyl sites for hydroxylation is 1. The standard InChI is InChI=1S/C26H34N2O4/c1-18-9-10-23(22(15-18)26(2,3)4)32-17-24(29)27-20-11-13-28(14-12-20)25(30)19-7-6-8-21(16-19)31-5/h6-10,15-16,20H,11-14,17H2,1-5H3,(H,27,29). The number of piperidine rings is 1. The van der Waals surface area contributed by atoms with Crippen LogP contribution >= 0.6 is 0 Å². The minimum atomic E-state index is -0.136. The Hall–Kier alpha value is -3.02. The van der Waals surface area contributed by atoms with Crippen molar-refractivity contribution in [3.05, 3.63) is 59.2 Å². The van der Waals surface area contributed by atoms with E-state index in [2.05, 4.69) is 39.1 Å². The molecule has 0 aromatic heterocycles. The molecule has 3 rings (SSSR count). The molecule has 6 nitrogen and oxygen atoms in total. The molecule has 0 radical (unpaired) electrons. The van der Waals surface area contributed by atoms with Gasteiger partial charge in [0.2, 0.25) is 0 Å². The summed E-state index contributed by atoms with van der Waals surface area (Å²) in [6.07, 6.45) is 1.44. The topological polar surface area (TPSA) is 67.9 Å². The number of methoxy groups -OCH3 is 1. The van der Waals surface area contributed by atoms with Gasteiger partial charge in [-0.2, -0.15) is 0 Å². The van der Waals surface area contributed by atoms with Gasteiger partial charge in [0.1, 0.15) is 11.5 Å². The van der Waals surface area contributed by atoms with Crippen LogP contribution in [-0.2, 0) is 10.2 Å². The first-order chi connectivity index (χ1) is 15.2. The molecule has 1 fully saturated rings. The summed E-state index contributed by atoms with van der Waals surface area (Å²) in [4.78, 5) is 27.1. The van der Waals surface area contributed by atoms with Crippen LogP contribution in [0, 0.1) is 6.92 Å². The summed E-state index contributed by atoms with van der Waals surface area (Å²) in [7, 11) is 1.59. The predicted molar refractivity (Wildman–Crippen MR) is 125 cm³/mol. The van der Waals surface area contributed by atoms with Gasteiger partial charge in [0.05, 0.1) is 7.11 Å². The lowest BCUT2D eigenvalue weighted by molar-refractivity contribution is -0.124. The van der Waals surface area contributed by atoms with Crippen LogP contribution in [0.1, 0.15) is 55.1 Å². The average molecular weight is 439 g/mol. The molecule has 1 heterocycles. The molecular formula is C26H34N2O4. The number of carbonyl (C=O) groups is 2. The monoisotopic (exact) mass is 438 g/mol. The molecule has 1 aliphatic rings. The van der Waals surface area contributed by atoms with E-state index in [-0.39, 0.29) is 29.9 Å². The first-order valence-electron chi connectivity index (χ1n) is 11.1. The number of hydrogen-bond acceptors (Lipinski definition) is 4. The third-order valence-electron chi connectivity index (χ3n) is 5.77. The first kappa shape index (κ1) is 23.6. The molecule has 0 atom stereocenters. The molecular weight excluding hydrogens is 404 g/mol. The quantitative estimate of drug-likeness (QED) is 0.737. The summed E-state index contributed by atoms with van der Waals surface area (Å²) in [5, 5.41) is 3.05. The van der Waals surface area contributed by atoms with Crippen molar-refractivity contribution < 1.29 is 19.1 Å². The van der Waals surface area contributed by atoms with Gasteiger partial charge in [-0.15, -0.1) is 0 Å². The van der Waals surface area contributed by atoms with Gasteiger partial charge >= 0.3 is 0 Å². The van der Waals surface area contributed by atoms with Crippen molar-refractivity contribution in [3.63, 3.8) is 0 Å². The highest BCUT2D eigenvalue weighted by atomic mass is 16.5. The Labute approximate surface area is 190 Å². The van der Waals surface area contributed by atoms with E-state index in [0.29, 0.717) is 24.4 Å². The SMILES string of the molecule is COc1cccc(C(=O)N2CCC(NC(=O)COc3ccc(C)cc3C(C)(C)C)CC2)c1. The molecule has 32 heavy (non-hydrogen) atoms. The van der Waals surface area contributed by atoms with Crippen LogP contribution in [0.25, 0.3) is 0 Å². The molecule has 0 unspecified atom stereocenters. The van der Waals surface area contributed by atoms with Gasteiger partial charge in [0.15, 0.2) is 6.61 Å². The Balaban J connectivity index is 1.49. The lowest BCUT2D eigenvalue weighted by Crippen LogP contribution is -2.47. The smallest absolute Gasteiger partial charge is 0.258 e. The number of likely N-dealkylation sites (tertiary alicyclic amines) is 1. The number of benzene rings is 2. The molecule has 2 amide bonds. The Morgan fingerprint density at radius 3 is 2.47 bits per heavy atom. The lowest BCUT2D eigenvalue weighted by Gasteiger charge is -2.32. The van der Waals surface area contributed by atoms with Gasteiger partial charge in [-0.05, 0) is 55.0 Å². The fraction of sp³-hybridized carbons (Fsp3) is 0.462. The van der Waals surface area contributed by atoms with Crippen LogP contribution in [0.5, 0.6) is 11.5 Å². The Bertz CT molecular complexity index is 957. The van der Waals surface area contributed by atoms with Crippen LogP contribution in [-0.4, -0.2) is 49.6 Å². The maximum absolute atomic E-state index is 12.8. The van der Waals surface area contributed by atoms with E-state index in [1.807, 2.05) is 29.2 Å². The van der Waals surface area contributed by atoms with Gasteiger partial charge < -0.3 is 19.7 Å². The summed E-state index contributed by atoms with van der Waals surface area (Å²) >= 11 is 0. The highest BCUT2D eigenvalue weighted by molar-refractivity contribution is 5.94. The Morgan fingerprint density at radius 1 is 1.09 bits per heavy atom. The molecule has 0 saturated carbocycles. The molecule has 0 spiro atoms. The number of amides is 2. The van der Waals surface area contributed by atoms with Crippen molar-refractivity contribution in [1.82, 2.24) is 10.2 Å². The Kier molecular flexibility index (Phi) is 7.44. The third kappa shape index (κ3) is 6.02. The van der Waals surface area contributed by atoms with Crippen molar-refractivity contribution in [2.45, 2.75) is 52.0 Å². The van der Waals surface area contributed by atoms with Crippen molar-refractivity contribution in [2.75, 3.05) is 26.8 Å². The highest BCUT2D eigenvalue weighted by Gasteiger charge is 2.25. The molecule has 6 heteroatoms. The largest absolute Gasteiger partial charge is 0.497 e. The first-order valence-corrected chi connectivity index (χ1v) is 11.1. The minimum absolute atomic E-state index is 0.00825. The molecule has 0 aliphatic carbocycles. The Morgan fingerprint density at radius 2 is 1.81 bits per heavy atom. The molecule has 0 bridgehead atoms. The van der Waals surface area contributed by atoms with Crippen LogP contribution < -0.4 is 14.8 Å². The zero-order chi connectivity index (χ0) is 23.3. The summed E-state index contributed by atoms with van der Waals surface area (Å²) in [6.45, 7) is 9.65. The van der Waals surface area contributed by atoms with Crippen LogP contribution in [0.3, 0.4) is 0 Å². The van der Waals surface area contributed by atoms with Gasteiger partial charge in [-0.25, -0.2) is 0 Å². The average Bonchev–Trinajstić information content (AvgIpc) is 2.77. The van der Waals surface area contributed by atoms with Crippen LogP contribution in [0.15, 0.2) is 42.5 Å². The molecule has 1 saturated heterocycles. The maximum Gasteiger partial charge on any atom is 0.258 e. The van der Waals surface area contributed by atoms with Crippen molar-refractivity contribution in [1.29, 1.82) is 0 Å². The summed E-state index contributed by atoms with van der Waals surface area (Å²) < 4.78 is 11.1. The minimum Gasteiger partial charge on any atom is -0.497 e. The third-order valence-corrected chi connectivity index (χ3v) is 5.77. The normalized spacial score (nSPS) is 14.7. The number of hydrogen-bond donors (Lipinski definition) is 1. The van der Waals surface area contributed by atoms with Crippen molar-refractivity contribution in [3.8, 4) is 11.5 Å². The van der Waals surface area contributed by atoms with E-state index in [1.165, 1.54) is 5.56 Å². The van der Waals surface area contributed by atoms with Crippen LogP contribution in [0.2, 0.25) is 0 Å². The highest BCUT2D eigenvalue weighted by Crippen LogP contribution is 2.32. The fourth-order valence-corrected chi connectivity index (χ4v) is 3.93. The summed E-state index contributed by atoms with van der Waals surface area (Å²) in [5.41, 5.74) is 2.81. The predicted octanol–water partition coefficient (Wildman–Crippen LogP) is 4.10. The van der Waals surface area contributed by atoms with Gasteiger partial charge in [0, 0.05) is 24.7 Å². The van der Waals surface area contributed by atoms with E-state index in [9.17, 15) is 9.59 Å². The van der Waals surface area contributed by atoms with E-state index in [1.54, 1.807) is 19.2 Å². The number of nitrogens with one attached hydrogen (secondary N) is 1. The van der Waals surface area contributed by atoms with Gasteiger partial charge in [0.25, 0.3) is 11.8 Å². The number of nitrogens with zero attached hydrogens (tertiary/aromatic N) is 1. The number of carbonyl (C=O) groups excluding carboxylic acids is 2. The molecule has 2 aromatic rings. The summed E-state index contributed by atoms with van der Waals surface area (Å²) in [5.74, 6) is 1.27. The van der Waals surface area contributed by atoms with E-state index in [0.717, 1.165) is 24.2 Å². The second kappa shape index (κ2) is 10.1. The van der Waals surface area contributed by atoms with Crippen molar-refractivity contribution in [2.24, 2.45) is 0 Å². The second-order valence-electron chi connectivity index (χ2n) is 9.40. The fourth-order valence-electron chi connectivity index (χ4n) is 3.93. The maximum atomic E-state index is 12.8. The molecule has 2 aromatic carbocycles.